The fourth-order valence-corrected chi connectivity index (χ4v) is 4.09. The van der Waals surface area contributed by atoms with E-state index in [1.54, 1.807) is 11.8 Å². The van der Waals surface area contributed by atoms with Gasteiger partial charge < -0.3 is 14.2 Å². The Kier molecular flexibility index (Phi) is 6.18. The molecule has 0 saturated carbocycles. The molecular formula is C17H26N6O2S. The van der Waals surface area contributed by atoms with E-state index in [9.17, 15) is 4.79 Å². The maximum atomic E-state index is 12.5. The molecule has 1 fully saturated rings. The molecule has 0 atom stereocenters. The van der Waals surface area contributed by atoms with Crippen LogP contribution in [0.3, 0.4) is 0 Å². The van der Waals surface area contributed by atoms with Crippen LogP contribution in [0.1, 0.15) is 32.6 Å². The zero-order chi connectivity index (χ0) is 18.5. The van der Waals surface area contributed by atoms with Gasteiger partial charge >= 0.3 is 0 Å². The van der Waals surface area contributed by atoms with E-state index in [1.165, 1.54) is 24.6 Å². The number of carbonyl (C=O) groups is 1. The van der Waals surface area contributed by atoms with E-state index in [2.05, 4.69) is 15.3 Å². The summed E-state index contributed by atoms with van der Waals surface area (Å²) in [5, 5.41) is 13.6. The zero-order valence-electron chi connectivity index (χ0n) is 15.6. The third-order valence-corrected chi connectivity index (χ3v) is 5.50. The molecule has 1 aliphatic rings. The Morgan fingerprint density at radius 2 is 1.96 bits per heavy atom. The number of ether oxygens (including phenoxy) is 1. The van der Waals surface area contributed by atoms with Gasteiger partial charge in [0, 0.05) is 32.9 Å². The second-order valence-electron chi connectivity index (χ2n) is 6.36. The van der Waals surface area contributed by atoms with Crippen LogP contribution in [0.4, 0.5) is 0 Å². The fraction of sp³-hybridized carbons (Fsp3) is 0.647. The number of hydrogen-bond donors (Lipinski definition) is 0. The first-order valence-corrected chi connectivity index (χ1v) is 10.0. The van der Waals surface area contributed by atoms with Crippen molar-refractivity contribution in [1.82, 2.24) is 29.4 Å². The summed E-state index contributed by atoms with van der Waals surface area (Å²) in [6.45, 7) is 4.49. The summed E-state index contributed by atoms with van der Waals surface area (Å²) in [4.78, 5) is 14.5. The summed E-state index contributed by atoms with van der Waals surface area (Å²) in [5.74, 6) is 1.81. The molecule has 2 aromatic heterocycles. The van der Waals surface area contributed by atoms with E-state index in [1.807, 2.05) is 29.6 Å². The Labute approximate surface area is 157 Å². The van der Waals surface area contributed by atoms with Crippen molar-refractivity contribution < 1.29 is 9.53 Å². The van der Waals surface area contributed by atoms with Gasteiger partial charge in [0.05, 0.1) is 12.9 Å². The number of aromatic nitrogens is 5. The van der Waals surface area contributed by atoms with Crippen LogP contribution in [0.2, 0.25) is 0 Å². The summed E-state index contributed by atoms with van der Waals surface area (Å²) >= 11 is 1.45. The number of methoxy groups -OCH3 is 1. The summed E-state index contributed by atoms with van der Waals surface area (Å²) < 4.78 is 9.03. The highest BCUT2D eigenvalue weighted by molar-refractivity contribution is 7.99. The molecule has 1 amide bonds. The highest BCUT2D eigenvalue weighted by atomic mass is 32.2. The van der Waals surface area contributed by atoms with Crippen molar-refractivity contribution in [2.45, 2.75) is 44.3 Å². The van der Waals surface area contributed by atoms with Crippen molar-refractivity contribution in [3.63, 3.8) is 0 Å². The molecular weight excluding hydrogens is 352 g/mol. The van der Waals surface area contributed by atoms with Crippen LogP contribution in [0.15, 0.2) is 11.4 Å². The molecule has 0 N–H and O–H groups in total. The van der Waals surface area contributed by atoms with Gasteiger partial charge in [-0.2, -0.15) is 0 Å². The SMILES string of the molecule is CCn1c(SCC(=O)N2CCCCCC2)nnc1-c1cn(C)nc1OC. The van der Waals surface area contributed by atoms with Crippen molar-refractivity contribution in [1.29, 1.82) is 0 Å². The molecule has 8 nitrogen and oxygen atoms in total. The lowest BCUT2D eigenvalue weighted by Crippen LogP contribution is -2.33. The van der Waals surface area contributed by atoms with Crippen molar-refractivity contribution >= 4 is 17.7 Å². The van der Waals surface area contributed by atoms with E-state index >= 15 is 0 Å². The second kappa shape index (κ2) is 8.57. The quantitative estimate of drug-likeness (QED) is 0.717. The van der Waals surface area contributed by atoms with Gasteiger partial charge in [0.1, 0.15) is 5.56 Å². The average molecular weight is 379 g/mol. The summed E-state index contributed by atoms with van der Waals surface area (Å²) in [6, 6.07) is 0. The normalized spacial score (nSPS) is 15.1. The van der Waals surface area contributed by atoms with Gasteiger partial charge in [-0.3, -0.25) is 9.48 Å². The number of aryl methyl sites for hydroxylation is 1. The van der Waals surface area contributed by atoms with E-state index in [4.69, 9.17) is 4.74 Å². The average Bonchev–Trinajstić information content (AvgIpc) is 3.10. The van der Waals surface area contributed by atoms with Crippen molar-refractivity contribution in [3.05, 3.63) is 6.20 Å². The Morgan fingerprint density at radius 3 is 2.62 bits per heavy atom. The van der Waals surface area contributed by atoms with Crippen molar-refractivity contribution in [3.8, 4) is 17.3 Å². The minimum atomic E-state index is 0.183. The number of nitrogens with zero attached hydrogens (tertiary/aromatic N) is 6. The molecule has 1 aliphatic heterocycles. The van der Waals surface area contributed by atoms with E-state index in [0.717, 1.165) is 36.7 Å². The van der Waals surface area contributed by atoms with Crippen LogP contribution in [-0.2, 0) is 18.4 Å². The lowest BCUT2D eigenvalue weighted by Gasteiger charge is -2.19. The fourth-order valence-electron chi connectivity index (χ4n) is 3.19. The molecule has 3 heterocycles. The molecule has 0 radical (unpaired) electrons. The highest BCUT2D eigenvalue weighted by Crippen LogP contribution is 2.30. The van der Waals surface area contributed by atoms with Crippen LogP contribution in [0.5, 0.6) is 5.88 Å². The predicted octanol–water partition coefficient (Wildman–Crippen LogP) is 2.20. The Hall–Kier alpha value is -2.03. The van der Waals surface area contributed by atoms with E-state index in [0.29, 0.717) is 24.0 Å². The number of rotatable bonds is 6. The Balaban J connectivity index is 1.73. The van der Waals surface area contributed by atoms with Gasteiger partial charge in [0.2, 0.25) is 11.8 Å². The van der Waals surface area contributed by atoms with Gasteiger partial charge in [-0.1, -0.05) is 24.6 Å². The molecule has 0 aromatic carbocycles. The molecule has 2 aromatic rings. The number of amides is 1. The largest absolute Gasteiger partial charge is 0.479 e. The van der Waals surface area contributed by atoms with Crippen LogP contribution < -0.4 is 4.74 Å². The molecule has 1 saturated heterocycles. The van der Waals surface area contributed by atoms with Crippen molar-refractivity contribution in [2.75, 3.05) is 26.0 Å². The first kappa shape index (κ1) is 18.8. The standard InChI is InChI=1S/C17H26N6O2S/c1-4-23-15(13-11-21(2)20-16(13)25-3)18-19-17(23)26-12-14(24)22-9-7-5-6-8-10-22/h11H,4-10,12H2,1-3H3. The van der Waals surface area contributed by atoms with E-state index in [-0.39, 0.29) is 5.91 Å². The van der Waals surface area contributed by atoms with Gasteiger partial charge in [0.25, 0.3) is 0 Å². The Morgan fingerprint density at radius 1 is 1.23 bits per heavy atom. The lowest BCUT2D eigenvalue weighted by atomic mass is 10.2. The van der Waals surface area contributed by atoms with Crippen LogP contribution >= 0.6 is 11.8 Å². The maximum absolute atomic E-state index is 12.5. The smallest absolute Gasteiger partial charge is 0.243 e. The molecule has 0 bridgehead atoms. The molecule has 142 valence electrons. The number of thioether (sulfide) groups is 1. The van der Waals surface area contributed by atoms with Crippen LogP contribution in [0.25, 0.3) is 11.4 Å². The number of carbonyl (C=O) groups excluding carboxylic acids is 1. The van der Waals surface area contributed by atoms with Crippen molar-refractivity contribution in [2.24, 2.45) is 7.05 Å². The molecule has 26 heavy (non-hydrogen) atoms. The third kappa shape index (κ3) is 4.03. The van der Waals surface area contributed by atoms with Crippen LogP contribution in [0, 0.1) is 0 Å². The summed E-state index contributed by atoms with van der Waals surface area (Å²) in [6.07, 6.45) is 6.51. The topological polar surface area (TPSA) is 78.1 Å². The van der Waals surface area contributed by atoms with Gasteiger partial charge in [-0.15, -0.1) is 15.3 Å². The maximum Gasteiger partial charge on any atom is 0.243 e. The minimum Gasteiger partial charge on any atom is -0.479 e. The summed E-state index contributed by atoms with van der Waals surface area (Å²) in [5.41, 5.74) is 0.801. The Bertz CT molecular complexity index is 749. The molecule has 0 spiro atoms. The first-order valence-electron chi connectivity index (χ1n) is 9.05. The molecule has 3 rings (SSSR count). The van der Waals surface area contributed by atoms with Crippen LogP contribution in [-0.4, -0.2) is 61.3 Å². The lowest BCUT2D eigenvalue weighted by molar-refractivity contribution is -0.128. The number of hydrogen-bond acceptors (Lipinski definition) is 6. The van der Waals surface area contributed by atoms with E-state index < -0.39 is 0 Å². The van der Waals surface area contributed by atoms with Gasteiger partial charge in [-0.05, 0) is 19.8 Å². The summed E-state index contributed by atoms with van der Waals surface area (Å²) in [7, 11) is 3.43. The highest BCUT2D eigenvalue weighted by Gasteiger charge is 2.21. The monoisotopic (exact) mass is 378 g/mol. The zero-order valence-corrected chi connectivity index (χ0v) is 16.5. The molecule has 9 heteroatoms. The number of likely N-dealkylation sites (tertiary alicyclic amines) is 1. The molecule has 0 unspecified atom stereocenters. The minimum absolute atomic E-state index is 0.183. The second-order valence-corrected chi connectivity index (χ2v) is 7.30. The third-order valence-electron chi connectivity index (χ3n) is 4.55. The molecule has 0 aliphatic carbocycles. The van der Waals surface area contributed by atoms with Gasteiger partial charge in [0.15, 0.2) is 11.0 Å². The van der Waals surface area contributed by atoms with Gasteiger partial charge in [-0.25, -0.2) is 0 Å². The first-order chi connectivity index (χ1) is 12.6. The predicted molar refractivity (Wildman–Crippen MR) is 100 cm³/mol.